The van der Waals surface area contributed by atoms with Gasteiger partial charge in [0.05, 0.1) is 34.2 Å². The van der Waals surface area contributed by atoms with Crippen LogP contribution < -0.4 is 4.90 Å². The Labute approximate surface area is 268 Å². The first-order chi connectivity index (χ1) is 22.1. The van der Waals surface area contributed by atoms with Crippen LogP contribution in [0, 0.1) is 0 Å². The highest BCUT2D eigenvalue weighted by Crippen LogP contribution is 2.40. The van der Waals surface area contributed by atoms with Crippen LogP contribution in [0.2, 0.25) is 0 Å². The van der Waals surface area contributed by atoms with Crippen molar-refractivity contribution in [3.05, 3.63) is 123 Å². The number of aromatic nitrogens is 2. The molecule has 1 aromatic carbocycles. The Balaban J connectivity index is 1.60. The number of allylic oxidation sites excluding steroid dienone is 6. The maximum atomic E-state index is 5.37. The van der Waals surface area contributed by atoms with E-state index in [1.807, 2.05) is 0 Å². The average Bonchev–Trinajstić information content (AvgIpc) is 3.79. The fourth-order valence-corrected chi connectivity index (χ4v) is 7.40. The summed E-state index contributed by atoms with van der Waals surface area (Å²) in [6.07, 6.45) is 22.1. The van der Waals surface area contributed by atoms with Crippen molar-refractivity contribution in [1.29, 1.82) is 0 Å². The summed E-state index contributed by atoms with van der Waals surface area (Å²) in [5, 5.41) is 0. The molecule has 3 aromatic rings. The maximum Gasteiger partial charge on any atom is 0.189 e. The highest BCUT2D eigenvalue weighted by atomic mass is 15.4. The molecular formula is C40H45N5. The second-order valence-corrected chi connectivity index (χ2v) is 12.7. The van der Waals surface area contributed by atoms with E-state index in [-0.39, 0.29) is 6.29 Å². The summed E-state index contributed by atoms with van der Waals surface area (Å²) >= 11 is 0. The topological polar surface area (TPSA) is 37.8 Å². The van der Waals surface area contributed by atoms with Crippen molar-refractivity contribution >= 4 is 29.3 Å². The molecule has 0 atom stereocenters. The molecule has 0 unspecified atom stereocenters. The minimum Gasteiger partial charge on any atom is -0.337 e. The van der Waals surface area contributed by atoms with Crippen molar-refractivity contribution in [1.82, 2.24) is 9.13 Å². The smallest absolute Gasteiger partial charge is 0.189 e. The van der Waals surface area contributed by atoms with Crippen molar-refractivity contribution in [2.75, 3.05) is 11.9 Å². The van der Waals surface area contributed by atoms with Crippen molar-refractivity contribution in [2.45, 2.75) is 85.4 Å². The molecule has 4 aliphatic rings. The van der Waals surface area contributed by atoms with E-state index in [1.54, 1.807) is 0 Å². The number of nitrogens with zero attached hydrogens (tertiary/aromatic N) is 5. The number of aliphatic imine (C=N–C) groups is 2. The molecule has 0 radical (unpaired) electrons. The molecule has 4 aliphatic heterocycles. The first-order valence-electron chi connectivity index (χ1n) is 17.0. The Morgan fingerprint density at radius 1 is 0.644 bits per heavy atom. The van der Waals surface area contributed by atoms with Gasteiger partial charge in [0, 0.05) is 24.1 Å². The van der Waals surface area contributed by atoms with E-state index in [1.165, 1.54) is 50.7 Å². The fraction of sp³-hybridized carbons (Fsp3) is 0.350. The monoisotopic (exact) mass is 595 g/mol. The average molecular weight is 596 g/mol. The number of anilines is 1. The quantitative estimate of drug-likeness (QED) is 0.230. The lowest BCUT2D eigenvalue weighted by atomic mass is 10.0. The molecule has 0 fully saturated rings. The lowest BCUT2D eigenvalue weighted by Gasteiger charge is -2.36. The fourth-order valence-electron chi connectivity index (χ4n) is 7.40. The van der Waals surface area contributed by atoms with Gasteiger partial charge in [-0.25, -0.2) is 9.98 Å². The molecule has 0 N–H and O–H groups in total. The minimum atomic E-state index is -0.160. The van der Waals surface area contributed by atoms with Gasteiger partial charge in [-0.15, -0.1) is 0 Å². The molecule has 0 aliphatic carbocycles. The Morgan fingerprint density at radius 2 is 1.11 bits per heavy atom. The zero-order valence-electron chi connectivity index (χ0n) is 27.5. The molecule has 7 rings (SSSR count). The highest BCUT2D eigenvalue weighted by Gasteiger charge is 2.35. The molecule has 0 amide bonds. The lowest BCUT2D eigenvalue weighted by molar-refractivity contribution is 0.420. The van der Waals surface area contributed by atoms with E-state index in [0.29, 0.717) is 0 Å². The Bertz CT molecular complexity index is 1730. The molecule has 230 valence electrons. The minimum absolute atomic E-state index is 0.160. The van der Waals surface area contributed by atoms with Gasteiger partial charge in [-0.3, -0.25) is 0 Å². The van der Waals surface area contributed by atoms with Gasteiger partial charge in [0.2, 0.25) is 0 Å². The summed E-state index contributed by atoms with van der Waals surface area (Å²) in [5.74, 6) is 0. The predicted molar refractivity (Wildman–Crippen MR) is 190 cm³/mol. The Morgan fingerprint density at radius 3 is 1.56 bits per heavy atom. The van der Waals surface area contributed by atoms with Crippen LogP contribution in [-0.4, -0.2) is 27.6 Å². The third kappa shape index (κ3) is 5.03. The van der Waals surface area contributed by atoms with Crippen LogP contribution in [0.4, 0.5) is 5.69 Å². The molecule has 0 saturated carbocycles. The van der Waals surface area contributed by atoms with Gasteiger partial charge in [-0.1, -0.05) is 71.6 Å². The molecule has 5 nitrogen and oxygen atoms in total. The molecular weight excluding hydrogens is 550 g/mol. The molecule has 5 heteroatoms. The number of hydrogen-bond acceptors (Lipinski definition) is 3. The van der Waals surface area contributed by atoms with Gasteiger partial charge in [-0.2, -0.15) is 0 Å². The van der Waals surface area contributed by atoms with Crippen molar-refractivity contribution in [3.63, 3.8) is 0 Å². The van der Waals surface area contributed by atoms with E-state index in [4.69, 9.17) is 9.98 Å². The second kappa shape index (κ2) is 12.2. The maximum absolute atomic E-state index is 5.37. The van der Waals surface area contributed by atoms with E-state index in [0.717, 1.165) is 74.2 Å². The van der Waals surface area contributed by atoms with Gasteiger partial charge in [0.25, 0.3) is 0 Å². The van der Waals surface area contributed by atoms with Crippen molar-refractivity contribution in [2.24, 2.45) is 9.98 Å². The van der Waals surface area contributed by atoms with Crippen molar-refractivity contribution < 1.29 is 0 Å². The van der Waals surface area contributed by atoms with Crippen LogP contribution in [-0.2, 0) is 12.8 Å². The van der Waals surface area contributed by atoms with E-state index >= 15 is 0 Å². The normalized spacial score (nSPS) is 17.8. The summed E-state index contributed by atoms with van der Waals surface area (Å²) in [6, 6.07) is 15.6. The van der Waals surface area contributed by atoms with Gasteiger partial charge in [0.1, 0.15) is 0 Å². The molecule has 45 heavy (non-hydrogen) atoms. The summed E-state index contributed by atoms with van der Waals surface area (Å²) in [4.78, 5) is 13.2. The molecule has 0 spiro atoms. The van der Waals surface area contributed by atoms with Gasteiger partial charge in [0.15, 0.2) is 6.29 Å². The lowest BCUT2D eigenvalue weighted by Crippen LogP contribution is -2.38. The molecule has 2 aromatic heterocycles. The first-order valence-corrected chi connectivity index (χ1v) is 17.0. The molecule has 6 heterocycles. The highest BCUT2D eigenvalue weighted by molar-refractivity contribution is 6.13. The standard InChI is InChI=1S/C40H45N5/c1-6-13-27-23-34-38-25-29(15-8-3)36-21-22-37-30(16-9-4)26-39(35-24-28(14-7-2)33(42-35)20-19-32(27)41-34)45(37)40(44(36)38)43(5)31-17-11-10-12-18-31/h10-12,17-26,40H,6-9,13-16H2,1-5H3. The van der Waals surface area contributed by atoms with Crippen LogP contribution in [0.25, 0.3) is 12.2 Å². The zero-order valence-corrected chi connectivity index (χ0v) is 27.5. The number of rotatable bonds is 10. The predicted octanol–water partition coefficient (Wildman–Crippen LogP) is 9.66. The number of aryl methyl sites for hydroxylation is 2. The second-order valence-electron chi connectivity index (χ2n) is 12.7. The van der Waals surface area contributed by atoms with Gasteiger partial charge < -0.3 is 14.0 Å². The third-order valence-corrected chi connectivity index (χ3v) is 9.45. The van der Waals surface area contributed by atoms with Crippen LogP contribution in [0.1, 0.15) is 106 Å². The molecule has 6 bridgehead atoms. The zero-order chi connectivity index (χ0) is 31.1. The SMILES string of the molecule is CCCC1=CC2=NC1=CC=C1N=C(C=C1CCC)c1cc(CCC)c3n1C(N(C)c1ccccc1)n1c2cc(CCC)c1C=C3. The summed E-state index contributed by atoms with van der Waals surface area (Å²) in [6.45, 7) is 9.06. The van der Waals surface area contributed by atoms with Gasteiger partial charge in [-0.05, 0) is 109 Å². The van der Waals surface area contributed by atoms with E-state index < -0.39 is 0 Å². The van der Waals surface area contributed by atoms with E-state index in [9.17, 15) is 0 Å². The number of hydrogen-bond donors (Lipinski definition) is 0. The summed E-state index contributed by atoms with van der Waals surface area (Å²) in [7, 11) is 2.24. The van der Waals surface area contributed by atoms with Crippen LogP contribution in [0.3, 0.4) is 0 Å². The Kier molecular flexibility index (Phi) is 7.95. The first kappa shape index (κ1) is 29.3. The van der Waals surface area contributed by atoms with Gasteiger partial charge >= 0.3 is 0 Å². The van der Waals surface area contributed by atoms with Crippen LogP contribution in [0.5, 0.6) is 0 Å². The Hall–Kier alpha value is -4.38. The number of para-hydroxylation sites is 1. The summed E-state index contributed by atoms with van der Waals surface area (Å²) in [5.41, 5.74) is 15.7. The summed E-state index contributed by atoms with van der Waals surface area (Å²) < 4.78 is 5.12. The van der Waals surface area contributed by atoms with Crippen molar-refractivity contribution in [3.8, 4) is 0 Å². The van der Waals surface area contributed by atoms with Crippen LogP contribution >= 0.6 is 0 Å². The largest absolute Gasteiger partial charge is 0.337 e. The number of benzene rings is 1. The third-order valence-electron chi connectivity index (χ3n) is 9.45. The molecule has 0 saturated heterocycles. The van der Waals surface area contributed by atoms with E-state index in [2.05, 4.69) is 128 Å². The number of fused-ring (bicyclic) bond motifs is 4. The van der Waals surface area contributed by atoms with Crippen LogP contribution in [0.15, 0.2) is 99.3 Å².